The van der Waals surface area contributed by atoms with Crippen LogP contribution in [0.3, 0.4) is 0 Å². The van der Waals surface area contributed by atoms with Gasteiger partial charge in [0.2, 0.25) is 0 Å². The number of thiazole rings is 1. The van der Waals surface area contributed by atoms with Crippen LogP contribution in [-0.2, 0) is 6.42 Å². The minimum Gasteiger partial charge on any atom is -0.356 e. The molecule has 0 aliphatic heterocycles. The van der Waals surface area contributed by atoms with Gasteiger partial charge in [0, 0.05) is 38.5 Å². The van der Waals surface area contributed by atoms with Gasteiger partial charge in [-0.1, -0.05) is 13.8 Å². The summed E-state index contributed by atoms with van der Waals surface area (Å²) in [5.74, 6) is 0.870. The van der Waals surface area contributed by atoms with Crippen LogP contribution < -0.4 is 10.6 Å². The molecule has 0 spiro atoms. The monoisotopic (exact) mass is 311 g/mol. The van der Waals surface area contributed by atoms with E-state index in [0.29, 0.717) is 0 Å². The van der Waals surface area contributed by atoms with Crippen LogP contribution in [0.2, 0.25) is 0 Å². The summed E-state index contributed by atoms with van der Waals surface area (Å²) >= 11 is 1.70. The number of aryl methyl sites for hydroxylation is 1. The topological polar surface area (TPSA) is 52.5 Å². The van der Waals surface area contributed by atoms with Crippen molar-refractivity contribution in [1.82, 2.24) is 20.5 Å². The van der Waals surface area contributed by atoms with E-state index in [0.717, 1.165) is 55.8 Å². The van der Waals surface area contributed by atoms with E-state index < -0.39 is 0 Å². The van der Waals surface area contributed by atoms with Gasteiger partial charge in [-0.05, 0) is 26.4 Å². The third-order valence-electron chi connectivity index (χ3n) is 3.27. The van der Waals surface area contributed by atoms with Crippen LogP contribution in [0.15, 0.2) is 10.4 Å². The van der Waals surface area contributed by atoms with Crippen molar-refractivity contribution < 1.29 is 0 Å². The molecular weight excluding hydrogens is 282 g/mol. The lowest BCUT2D eigenvalue weighted by atomic mass is 10.3. The van der Waals surface area contributed by atoms with E-state index >= 15 is 0 Å². The maximum absolute atomic E-state index is 4.46. The van der Waals surface area contributed by atoms with Gasteiger partial charge in [-0.2, -0.15) is 0 Å². The number of hydrogen-bond donors (Lipinski definition) is 2. The molecule has 0 fully saturated rings. The van der Waals surface area contributed by atoms with Gasteiger partial charge in [0.1, 0.15) is 0 Å². The summed E-state index contributed by atoms with van der Waals surface area (Å²) in [7, 11) is 1.81. The molecule has 6 heteroatoms. The summed E-state index contributed by atoms with van der Waals surface area (Å²) in [5, 5.41) is 9.95. The minimum absolute atomic E-state index is 0.856. The molecule has 0 saturated carbocycles. The van der Waals surface area contributed by atoms with Crippen LogP contribution in [0.4, 0.5) is 0 Å². The van der Waals surface area contributed by atoms with Crippen molar-refractivity contribution in [3.8, 4) is 0 Å². The van der Waals surface area contributed by atoms with E-state index in [4.69, 9.17) is 0 Å². The number of aromatic nitrogens is 1. The zero-order chi connectivity index (χ0) is 15.5. The number of nitrogens with one attached hydrogen (secondary N) is 2. The van der Waals surface area contributed by atoms with E-state index in [2.05, 4.69) is 44.7 Å². The fourth-order valence-electron chi connectivity index (χ4n) is 2.13. The molecule has 1 heterocycles. The molecule has 0 amide bonds. The number of nitrogens with zero attached hydrogens (tertiary/aromatic N) is 3. The first-order chi connectivity index (χ1) is 10.2. The second kappa shape index (κ2) is 10.6. The first kappa shape index (κ1) is 17.9. The summed E-state index contributed by atoms with van der Waals surface area (Å²) in [6, 6.07) is 0. The molecule has 1 rings (SSSR count). The van der Waals surface area contributed by atoms with Crippen molar-refractivity contribution in [1.29, 1.82) is 0 Å². The highest BCUT2D eigenvalue weighted by Gasteiger charge is 2.02. The molecule has 1 aromatic rings. The average Bonchev–Trinajstić information content (AvgIpc) is 2.90. The Kier molecular flexibility index (Phi) is 9.01. The molecule has 0 radical (unpaired) electrons. The van der Waals surface area contributed by atoms with Crippen LogP contribution in [-0.4, -0.2) is 55.6 Å². The van der Waals surface area contributed by atoms with Crippen LogP contribution in [0.1, 0.15) is 31.0 Å². The molecule has 0 unspecified atom stereocenters. The SMILES string of the molecule is CCCN(CC)CCNC(=NC)NCCc1csc(C)n1. The number of hydrogen-bond acceptors (Lipinski definition) is 4. The number of likely N-dealkylation sites (N-methyl/N-ethyl adjacent to an activating group) is 1. The zero-order valence-electron chi connectivity index (χ0n) is 13.8. The van der Waals surface area contributed by atoms with Crippen LogP contribution >= 0.6 is 11.3 Å². The van der Waals surface area contributed by atoms with Gasteiger partial charge < -0.3 is 15.5 Å². The normalized spacial score (nSPS) is 12.0. The molecule has 0 aliphatic carbocycles. The molecule has 0 aromatic carbocycles. The maximum Gasteiger partial charge on any atom is 0.191 e. The van der Waals surface area contributed by atoms with Gasteiger partial charge in [-0.3, -0.25) is 4.99 Å². The summed E-state index contributed by atoms with van der Waals surface area (Å²) in [4.78, 5) is 11.2. The van der Waals surface area contributed by atoms with E-state index in [9.17, 15) is 0 Å². The summed E-state index contributed by atoms with van der Waals surface area (Å²) in [5.41, 5.74) is 1.15. The van der Waals surface area contributed by atoms with E-state index in [1.807, 2.05) is 14.0 Å². The molecule has 0 atom stereocenters. The summed E-state index contributed by atoms with van der Waals surface area (Å²) < 4.78 is 0. The second-order valence-corrected chi connectivity index (χ2v) is 6.03. The highest BCUT2D eigenvalue weighted by molar-refractivity contribution is 7.09. The Morgan fingerprint density at radius 2 is 2.05 bits per heavy atom. The lowest BCUT2D eigenvalue weighted by Crippen LogP contribution is -2.42. The number of rotatable bonds is 9. The summed E-state index contributed by atoms with van der Waals surface area (Å²) in [6.45, 7) is 11.6. The average molecular weight is 311 g/mol. The Balaban J connectivity index is 2.19. The number of aliphatic imine (C=N–C) groups is 1. The highest BCUT2D eigenvalue weighted by atomic mass is 32.1. The Labute approximate surface area is 132 Å². The van der Waals surface area contributed by atoms with Gasteiger partial charge in [0.05, 0.1) is 10.7 Å². The Morgan fingerprint density at radius 1 is 1.29 bits per heavy atom. The van der Waals surface area contributed by atoms with Crippen molar-refractivity contribution in [3.63, 3.8) is 0 Å². The first-order valence-corrected chi connectivity index (χ1v) is 8.65. The fraction of sp³-hybridized carbons (Fsp3) is 0.733. The highest BCUT2D eigenvalue weighted by Crippen LogP contribution is 2.07. The second-order valence-electron chi connectivity index (χ2n) is 4.97. The smallest absolute Gasteiger partial charge is 0.191 e. The third-order valence-corrected chi connectivity index (χ3v) is 4.09. The predicted molar refractivity (Wildman–Crippen MR) is 92.3 cm³/mol. The van der Waals surface area contributed by atoms with Crippen LogP contribution in [0, 0.1) is 6.92 Å². The minimum atomic E-state index is 0.856. The predicted octanol–water partition coefficient (Wildman–Crippen LogP) is 1.89. The van der Waals surface area contributed by atoms with Gasteiger partial charge in [0.15, 0.2) is 5.96 Å². The van der Waals surface area contributed by atoms with Crippen molar-refractivity contribution in [2.45, 2.75) is 33.6 Å². The first-order valence-electron chi connectivity index (χ1n) is 7.77. The van der Waals surface area contributed by atoms with E-state index in [1.54, 1.807) is 11.3 Å². The lowest BCUT2D eigenvalue weighted by Gasteiger charge is -2.20. The van der Waals surface area contributed by atoms with Crippen LogP contribution in [0.25, 0.3) is 0 Å². The Morgan fingerprint density at radius 3 is 2.62 bits per heavy atom. The Hall–Kier alpha value is -1.14. The van der Waals surface area contributed by atoms with Gasteiger partial charge >= 0.3 is 0 Å². The van der Waals surface area contributed by atoms with Gasteiger partial charge in [-0.15, -0.1) is 11.3 Å². The largest absolute Gasteiger partial charge is 0.356 e. The van der Waals surface area contributed by atoms with E-state index in [-0.39, 0.29) is 0 Å². The van der Waals surface area contributed by atoms with Crippen molar-refractivity contribution >= 4 is 17.3 Å². The van der Waals surface area contributed by atoms with E-state index in [1.165, 1.54) is 6.42 Å². The van der Waals surface area contributed by atoms with Crippen molar-refractivity contribution in [2.24, 2.45) is 4.99 Å². The van der Waals surface area contributed by atoms with Crippen molar-refractivity contribution in [3.05, 3.63) is 16.1 Å². The Bertz CT molecular complexity index is 416. The third kappa shape index (κ3) is 7.43. The maximum atomic E-state index is 4.46. The standard InChI is InChI=1S/C15H29N5S/c1-5-10-20(6-2)11-9-18-15(16-4)17-8-7-14-12-21-13(3)19-14/h12H,5-11H2,1-4H3,(H2,16,17,18). The van der Waals surface area contributed by atoms with Gasteiger partial charge in [-0.25, -0.2) is 4.98 Å². The number of guanidine groups is 1. The van der Waals surface area contributed by atoms with Gasteiger partial charge in [0.25, 0.3) is 0 Å². The lowest BCUT2D eigenvalue weighted by molar-refractivity contribution is 0.293. The molecule has 120 valence electrons. The van der Waals surface area contributed by atoms with Crippen LogP contribution in [0.5, 0.6) is 0 Å². The molecule has 0 aliphatic rings. The molecule has 0 bridgehead atoms. The molecule has 0 saturated heterocycles. The quantitative estimate of drug-likeness (QED) is 0.540. The summed E-state index contributed by atoms with van der Waals surface area (Å²) in [6.07, 6.45) is 2.13. The molecule has 1 aromatic heterocycles. The molecule has 21 heavy (non-hydrogen) atoms. The molecule has 2 N–H and O–H groups in total. The van der Waals surface area contributed by atoms with Crippen molar-refractivity contribution in [2.75, 3.05) is 39.8 Å². The molecule has 5 nitrogen and oxygen atoms in total. The zero-order valence-corrected chi connectivity index (χ0v) is 14.6. The molecular formula is C15H29N5S. The fourth-order valence-corrected chi connectivity index (χ4v) is 2.78.